The Morgan fingerprint density at radius 3 is 3.00 bits per heavy atom. The number of thiophene rings is 1. The van der Waals surface area contributed by atoms with Gasteiger partial charge in [-0.2, -0.15) is 0 Å². The number of nitrogens with zero attached hydrogens (tertiary/aromatic N) is 4. The number of benzene rings is 1. The molecule has 0 atom stereocenters. The minimum absolute atomic E-state index is 0.181. The van der Waals surface area contributed by atoms with E-state index in [1.54, 1.807) is 22.1 Å². The molecule has 1 amide bonds. The molecule has 0 aliphatic heterocycles. The van der Waals surface area contributed by atoms with Crippen LogP contribution >= 0.6 is 11.3 Å². The molecular formula is C15H13N5OS. The van der Waals surface area contributed by atoms with Gasteiger partial charge >= 0.3 is 0 Å². The SMILES string of the molecule is Cc1ccc(NC(=O)/C=C/c2cccs2)cc1-n1cnnn1. The highest BCUT2D eigenvalue weighted by molar-refractivity contribution is 7.10. The molecule has 3 aromatic rings. The van der Waals surface area contributed by atoms with Crippen LogP contribution < -0.4 is 5.32 Å². The fourth-order valence-electron chi connectivity index (χ4n) is 1.93. The number of carbonyl (C=O) groups excluding carboxylic acids is 1. The molecule has 0 fully saturated rings. The molecule has 3 rings (SSSR count). The average molecular weight is 311 g/mol. The van der Waals surface area contributed by atoms with Crippen molar-refractivity contribution in [2.24, 2.45) is 0 Å². The van der Waals surface area contributed by atoms with Gasteiger partial charge in [-0.1, -0.05) is 12.1 Å². The lowest BCUT2D eigenvalue weighted by Gasteiger charge is -2.08. The minimum Gasteiger partial charge on any atom is -0.322 e. The van der Waals surface area contributed by atoms with Crippen molar-refractivity contribution in [3.63, 3.8) is 0 Å². The quantitative estimate of drug-likeness (QED) is 0.752. The molecule has 2 aromatic heterocycles. The van der Waals surface area contributed by atoms with E-state index >= 15 is 0 Å². The number of hydrogen-bond acceptors (Lipinski definition) is 5. The standard InChI is InChI=1S/C15H13N5OS/c1-11-4-5-12(9-14(11)20-10-16-18-19-20)17-15(21)7-6-13-3-2-8-22-13/h2-10H,1H3,(H,17,21)/b7-6+. The van der Waals surface area contributed by atoms with E-state index in [1.165, 1.54) is 12.4 Å². The van der Waals surface area contributed by atoms with Gasteiger partial charge in [-0.05, 0) is 52.6 Å². The van der Waals surface area contributed by atoms with Crippen molar-refractivity contribution in [2.75, 3.05) is 5.32 Å². The first kappa shape index (κ1) is 14.2. The second kappa shape index (κ2) is 6.31. The largest absolute Gasteiger partial charge is 0.322 e. The summed E-state index contributed by atoms with van der Waals surface area (Å²) >= 11 is 1.58. The van der Waals surface area contributed by atoms with Gasteiger partial charge in [0.25, 0.3) is 0 Å². The van der Waals surface area contributed by atoms with Gasteiger partial charge in [0.1, 0.15) is 6.33 Å². The van der Waals surface area contributed by atoms with Crippen molar-refractivity contribution in [3.05, 3.63) is 58.6 Å². The summed E-state index contributed by atoms with van der Waals surface area (Å²) < 4.78 is 1.56. The molecule has 0 unspecified atom stereocenters. The maximum atomic E-state index is 11.9. The van der Waals surface area contributed by atoms with Gasteiger partial charge in [0.05, 0.1) is 5.69 Å². The molecule has 22 heavy (non-hydrogen) atoms. The molecule has 0 spiro atoms. The van der Waals surface area contributed by atoms with E-state index in [-0.39, 0.29) is 5.91 Å². The molecule has 0 saturated carbocycles. The molecule has 0 aliphatic rings. The van der Waals surface area contributed by atoms with Gasteiger partial charge in [0.15, 0.2) is 0 Å². The van der Waals surface area contributed by atoms with Crippen LogP contribution in [0.1, 0.15) is 10.4 Å². The molecule has 7 heteroatoms. The van der Waals surface area contributed by atoms with E-state index in [2.05, 4.69) is 20.8 Å². The third kappa shape index (κ3) is 3.26. The molecule has 0 saturated heterocycles. The summed E-state index contributed by atoms with van der Waals surface area (Å²) in [5.41, 5.74) is 2.53. The summed E-state index contributed by atoms with van der Waals surface area (Å²) in [5, 5.41) is 15.9. The predicted octanol–water partition coefficient (Wildman–Crippen LogP) is 2.68. The predicted molar refractivity (Wildman–Crippen MR) is 85.9 cm³/mol. The second-order valence-corrected chi connectivity index (χ2v) is 5.57. The number of nitrogens with one attached hydrogen (secondary N) is 1. The third-order valence-electron chi connectivity index (χ3n) is 3.01. The lowest BCUT2D eigenvalue weighted by atomic mass is 10.2. The molecule has 1 aromatic carbocycles. The smallest absolute Gasteiger partial charge is 0.248 e. The van der Waals surface area contributed by atoms with Gasteiger partial charge in [0.2, 0.25) is 5.91 Å². The lowest BCUT2D eigenvalue weighted by molar-refractivity contribution is -0.111. The van der Waals surface area contributed by atoms with E-state index in [0.29, 0.717) is 5.69 Å². The van der Waals surface area contributed by atoms with Gasteiger partial charge in [-0.15, -0.1) is 16.4 Å². The number of tetrazole rings is 1. The summed E-state index contributed by atoms with van der Waals surface area (Å²) in [5.74, 6) is -0.181. The van der Waals surface area contributed by atoms with Crippen LogP contribution in [0.25, 0.3) is 11.8 Å². The van der Waals surface area contributed by atoms with Crippen LogP contribution in [-0.2, 0) is 4.79 Å². The molecule has 0 aliphatic carbocycles. The van der Waals surface area contributed by atoms with Crippen LogP contribution in [0.5, 0.6) is 0 Å². The van der Waals surface area contributed by atoms with Gasteiger partial charge in [0, 0.05) is 16.6 Å². The summed E-state index contributed by atoms with van der Waals surface area (Å²) in [7, 11) is 0. The minimum atomic E-state index is -0.181. The third-order valence-corrected chi connectivity index (χ3v) is 3.85. The van der Waals surface area contributed by atoms with Gasteiger partial charge in [-0.25, -0.2) is 4.68 Å². The Morgan fingerprint density at radius 2 is 2.27 bits per heavy atom. The number of hydrogen-bond donors (Lipinski definition) is 1. The summed E-state index contributed by atoms with van der Waals surface area (Å²) in [6.45, 7) is 1.96. The molecule has 2 heterocycles. The number of carbonyl (C=O) groups is 1. The summed E-state index contributed by atoms with van der Waals surface area (Å²) in [6.07, 6.45) is 4.82. The highest BCUT2D eigenvalue weighted by atomic mass is 32.1. The number of aryl methyl sites for hydroxylation is 1. The Balaban J connectivity index is 1.75. The summed E-state index contributed by atoms with van der Waals surface area (Å²) in [6, 6.07) is 9.50. The van der Waals surface area contributed by atoms with E-state index in [0.717, 1.165) is 16.1 Å². The Kier molecular flexibility index (Phi) is 4.06. The number of aromatic nitrogens is 4. The highest BCUT2D eigenvalue weighted by Crippen LogP contribution is 2.18. The molecule has 0 bridgehead atoms. The van der Waals surface area contributed by atoms with Crippen molar-refractivity contribution in [1.29, 1.82) is 0 Å². The molecular weight excluding hydrogens is 298 g/mol. The van der Waals surface area contributed by atoms with Gasteiger partial charge in [-0.3, -0.25) is 4.79 Å². The lowest BCUT2D eigenvalue weighted by Crippen LogP contribution is -2.08. The molecule has 110 valence electrons. The van der Waals surface area contributed by atoms with Crippen LogP contribution in [0.2, 0.25) is 0 Å². The topological polar surface area (TPSA) is 72.7 Å². The normalized spacial score (nSPS) is 11.0. The molecule has 6 nitrogen and oxygen atoms in total. The number of anilines is 1. The molecule has 0 radical (unpaired) electrons. The van der Waals surface area contributed by atoms with Crippen molar-refractivity contribution in [2.45, 2.75) is 6.92 Å². The fraction of sp³-hybridized carbons (Fsp3) is 0.0667. The van der Waals surface area contributed by atoms with Crippen LogP contribution in [0.3, 0.4) is 0 Å². The van der Waals surface area contributed by atoms with Crippen LogP contribution in [-0.4, -0.2) is 26.1 Å². The first-order chi connectivity index (χ1) is 10.7. The average Bonchev–Trinajstić information content (AvgIpc) is 3.20. The zero-order valence-electron chi connectivity index (χ0n) is 11.8. The zero-order valence-corrected chi connectivity index (χ0v) is 12.6. The van der Waals surface area contributed by atoms with E-state index in [1.807, 2.05) is 42.6 Å². The van der Waals surface area contributed by atoms with Crippen molar-refractivity contribution >= 4 is 29.0 Å². The van der Waals surface area contributed by atoms with Crippen LogP contribution in [0.15, 0.2) is 48.1 Å². The van der Waals surface area contributed by atoms with E-state index < -0.39 is 0 Å². The Bertz CT molecular complexity index is 793. The monoisotopic (exact) mass is 311 g/mol. The maximum Gasteiger partial charge on any atom is 0.248 e. The van der Waals surface area contributed by atoms with E-state index in [9.17, 15) is 4.79 Å². The van der Waals surface area contributed by atoms with Crippen molar-refractivity contribution in [3.8, 4) is 5.69 Å². The van der Waals surface area contributed by atoms with Crippen molar-refractivity contribution < 1.29 is 4.79 Å². The Labute approximate surface area is 131 Å². The first-order valence-electron chi connectivity index (χ1n) is 6.59. The highest BCUT2D eigenvalue weighted by Gasteiger charge is 2.05. The van der Waals surface area contributed by atoms with Crippen LogP contribution in [0, 0.1) is 6.92 Å². The van der Waals surface area contributed by atoms with E-state index in [4.69, 9.17) is 0 Å². The fourth-order valence-corrected chi connectivity index (χ4v) is 2.55. The maximum absolute atomic E-state index is 11.9. The van der Waals surface area contributed by atoms with Crippen molar-refractivity contribution in [1.82, 2.24) is 20.2 Å². The van der Waals surface area contributed by atoms with Gasteiger partial charge < -0.3 is 5.32 Å². The van der Waals surface area contributed by atoms with Crippen LogP contribution in [0.4, 0.5) is 5.69 Å². The molecule has 1 N–H and O–H groups in total. The first-order valence-corrected chi connectivity index (χ1v) is 7.47. The zero-order chi connectivity index (χ0) is 15.4. The Morgan fingerprint density at radius 1 is 1.36 bits per heavy atom. The number of amides is 1. The number of rotatable bonds is 4. The Hall–Kier alpha value is -2.80. The second-order valence-electron chi connectivity index (χ2n) is 4.59. The summed E-state index contributed by atoms with van der Waals surface area (Å²) in [4.78, 5) is 13.0.